The van der Waals surface area contributed by atoms with Gasteiger partial charge in [-0.2, -0.15) is 0 Å². The van der Waals surface area contributed by atoms with Gasteiger partial charge in [-0.3, -0.25) is 4.57 Å². The van der Waals surface area contributed by atoms with Crippen LogP contribution in [0, 0.1) is 0 Å². The summed E-state index contributed by atoms with van der Waals surface area (Å²) in [4.78, 5) is 11.6. The molecule has 0 aliphatic rings. The van der Waals surface area contributed by atoms with Gasteiger partial charge < -0.3 is 9.15 Å². The van der Waals surface area contributed by atoms with Gasteiger partial charge in [0.25, 0.3) is 0 Å². The Bertz CT molecular complexity index is 527. The fourth-order valence-electron chi connectivity index (χ4n) is 1.70. The molecule has 0 spiro atoms. The molecule has 1 atom stereocenters. The first-order chi connectivity index (χ1) is 8.22. The average molecular weight is 233 g/mol. The first-order valence-electron chi connectivity index (χ1n) is 5.62. The Hall–Kier alpha value is -1.97. The molecule has 0 N–H and O–H groups in total. The highest BCUT2D eigenvalue weighted by Gasteiger charge is 2.13. The molecule has 2 aromatic rings. The van der Waals surface area contributed by atoms with Gasteiger partial charge >= 0.3 is 11.7 Å². The molecule has 0 amide bonds. The van der Waals surface area contributed by atoms with Crippen LogP contribution >= 0.6 is 0 Å². The van der Waals surface area contributed by atoms with Crippen LogP contribution in [0.1, 0.15) is 25.5 Å². The van der Waals surface area contributed by atoms with Crippen molar-refractivity contribution >= 4 is 0 Å². The zero-order valence-corrected chi connectivity index (χ0v) is 9.92. The fourth-order valence-corrected chi connectivity index (χ4v) is 1.70. The molecule has 1 unspecified atom stereocenters. The number of benzene rings is 1. The van der Waals surface area contributed by atoms with E-state index in [4.69, 9.17) is 9.15 Å². The van der Waals surface area contributed by atoms with E-state index in [1.807, 2.05) is 44.2 Å². The van der Waals surface area contributed by atoms with Gasteiger partial charge in [-0.15, -0.1) is 0 Å². The van der Waals surface area contributed by atoms with Crippen molar-refractivity contribution in [1.29, 1.82) is 0 Å². The molecule has 1 heterocycles. The van der Waals surface area contributed by atoms with E-state index in [-0.39, 0.29) is 12.0 Å². The first-order valence-corrected chi connectivity index (χ1v) is 5.62. The molecule has 0 radical (unpaired) electrons. The van der Waals surface area contributed by atoms with Crippen molar-refractivity contribution < 1.29 is 9.15 Å². The zero-order valence-electron chi connectivity index (χ0n) is 9.92. The SMILES string of the molecule is CCOc1cn(C(C)c2ccccc2)c(=O)o1. The molecule has 0 aliphatic carbocycles. The van der Waals surface area contributed by atoms with Gasteiger partial charge in [0.05, 0.1) is 18.8 Å². The molecule has 2 rings (SSSR count). The molecule has 0 bridgehead atoms. The van der Waals surface area contributed by atoms with E-state index in [0.717, 1.165) is 5.56 Å². The summed E-state index contributed by atoms with van der Waals surface area (Å²) in [5, 5.41) is 0. The van der Waals surface area contributed by atoms with E-state index in [1.165, 1.54) is 4.57 Å². The molecular weight excluding hydrogens is 218 g/mol. The largest absolute Gasteiger partial charge is 0.464 e. The van der Waals surface area contributed by atoms with E-state index < -0.39 is 5.76 Å². The van der Waals surface area contributed by atoms with Gasteiger partial charge in [-0.05, 0) is 19.4 Å². The third kappa shape index (κ3) is 2.41. The molecule has 0 aliphatic heterocycles. The van der Waals surface area contributed by atoms with Crippen molar-refractivity contribution in [3.63, 3.8) is 0 Å². The Morgan fingerprint density at radius 1 is 1.35 bits per heavy atom. The third-order valence-electron chi connectivity index (χ3n) is 2.63. The van der Waals surface area contributed by atoms with Crippen LogP contribution < -0.4 is 10.5 Å². The van der Waals surface area contributed by atoms with Crippen molar-refractivity contribution in [2.24, 2.45) is 0 Å². The summed E-state index contributed by atoms with van der Waals surface area (Å²) in [6, 6.07) is 9.72. The number of aromatic nitrogens is 1. The number of rotatable bonds is 4. The summed E-state index contributed by atoms with van der Waals surface area (Å²) in [5.74, 6) is -0.134. The van der Waals surface area contributed by atoms with Gasteiger partial charge in [0.2, 0.25) is 0 Å². The fraction of sp³-hybridized carbons (Fsp3) is 0.308. The molecule has 17 heavy (non-hydrogen) atoms. The highest BCUT2D eigenvalue weighted by atomic mass is 16.6. The van der Waals surface area contributed by atoms with E-state index in [2.05, 4.69) is 0 Å². The van der Waals surface area contributed by atoms with Crippen LogP contribution in [0.2, 0.25) is 0 Å². The Morgan fingerprint density at radius 2 is 2.06 bits per heavy atom. The summed E-state index contributed by atoms with van der Waals surface area (Å²) in [6.45, 7) is 4.27. The van der Waals surface area contributed by atoms with Crippen molar-refractivity contribution in [3.05, 3.63) is 52.6 Å². The highest BCUT2D eigenvalue weighted by Crippen LogP contribution is 2.18. The molecule has 90 valence electrons. The molecule has 0 fully saturated rings. The minimum Gasteiger partial charge on any atom is -0.464 e. The standard InChI is InChI=1S/C13H15NO3/c1-3-16-12-9-14(13(15)17-12)10(2)11-7-5-4-6-8-11/h4-10H,3H2,1-2H3. The Kier molecular flexibility index (Phi) is 3.32. The topological polar surface area (TPSA) is 44.4 Å². The van der Waals surface area contributed by atoms with Gasteiger partial charge in [0, 0.05) is 0 Å². The maximum atomic E-state index is 11.6. The molecular formula is C13H15NO3. The second-order valence-corrected chi connectivity index (χ2v) is 3.74. The maximum absolute atomic E-state index is 11.6. The lowest BCUT2D eigenvalue weighted by atomic mass is 10.1. The lowest BCUT2D eigenvalue weighted by Crippen LogP contribution is -2.18. The second kappa shape index (κ2) is 4.91. The monoisotopic (exact) mass is 233 g/mol. The Morgan fingerprint density at radius 3 is 2.71 bits per heavy atom. The number of ether oxygens (including phenoxy) is 1. The smallest absolute Gasteiger partial charge is 0.422 e. The van der Waals surface area contributed by atoms with E-state index in [0.29, 0.717) is 6.61 Å². The summed E-state index contributed by atoms with van der Waals surface area (Å²) in [6.07, 6.45) is 1.60. The summed E-state index contributed by atoms with van der Waals surface area (Å²) < 4.78 is 11.7. The van der Waals surface area contributed by atoms with Crippen molar-refractivity contribution in [1.82, 2.24) is 4.57 Å². The molecule has 0 saturated heterocycles. The Labute approximate surface area is 99.4 Å². The highest BCUT2D eigenvalue weighted by molar-refractivity contribution is 5.19. The predicted molar refractivity (Wildman–Crippen MR) is 64.4 cm³/mol. The van der Waals surface area contributed by atoms with E-state index >= 15 is 0 Å². The normalized spacial score (nSPS) is 12.4. The number of oxazole rings is 1. The summed E-state index contributed by atoms with van der Waals surface area (Å²) >= 11 is 0. The van der Waals surface area contributed by atoms with E-state index in [9.17, 15) is 4.79 Å². The third-order valence-corrected chi connectivity index (χ3v) is 2.63. The van der Waals surface area contributed by atoms with Crippen LogP contribution in [0.15, 0.2) is 45.7 Å². The summed E-state index contributed by atoms with van der Waals surface area (Å²) in [5.41, 5.74) is 1.05. The van der Waals surface area contributed by atoms with Crippen LogP contribution in [0.3, 0.4) is 0 Å². The zero-order chi connectivity index (χ0) is 12.3. The number of hydrogen-bond donors (Lipinski definition) is 0. The van der Waals surface area contributed by atoms with Crippen LogP contribution in [-0.2, 0) is 0 Å². The van der Waals surface area contributed by atoms with Crippen LogP contribution in [0.5, 0.6) is 5.95 Å². The number of nitrogens with zero attached hydrogens (tertiary/aromatic N) is 1. The lowest BCUT2D eigenvalue weighted by molar-refractivity contribution is 0.249. The minimum absolute atomic E-state index is 0.0679. The van der Waals surface area contributed by atoms with Gasteiger partial charge in [0.1, 0.15) is 0 Å². The van der Waals surface area contributed by atoms with E-state index in [1.54, 1.807) is 6.20 Å². The molecule has 1 aromatic heterocycles. The van der Waals surface area contributed by atoms with Crippen LogP contribution in [0.4, 0.5) is 0 Å². The quantitative estimate of drug-likeness (QED) is 0.814. The first kappa shape index (κ1) is 11.5. The second-order valence-electron chi connectivity index (χ2n) is 3.74. The van der Waals surface area contributed by atoms with Gasteiger partial charge in [0.15, 0.2) is 0 Å². The average Bonchev–Trinajstić information content (AvgIpc) is 2.71. The van der Waals surface area contributed by atoms with Crippen LogP contribution in [0.25, 0.3) is 0 Å². The number of hydrogen-bond acceptors (Lipinski definition) is 3. The minimum atomic E-state index is -0.398. The predicted octanol–water partition coefficient (Wildman–Crippen LogP) is 2.45. The van der Waals surface area contributed by atoms with Crippen molar-refractivity contribution in [2.45, 2.75) is 19.9 Å². The van der Waals surface area contributed by atoms with Crippen LogP contribution in [-0.4, -0.2) is 11.2 Å². The molecule has 1 aromatic carbocycles. The summed E-state index contributed by atoms with van der Waals surface area (Å²) in [7, 11) is 0. The van der Waals surface area contributed by atoms with Crippen molar-refractivity contribution in [3.8, 4) is 5.95 Å². The molecule has 0 saturated carbocycles. The molecule has 4 nitrogen and oxygen atoms in total. The molecule has 4 heteroatoms. The lowest BCUT2D eigenvalue weighted by Gasteiger charge is -2.10. The van der Waals surface area contributed by atoms with Gasteiger partial charge in [-0.1, -0.05) is 30.3 Å². The van der Waals surface area contributed by atoms with Crippen molar-refractivity contribution in [2.75, 3.05) is 6.61 Å². The maximum Gasteiger partial charge on any atom is 0.422 e. The van der Waals surface area contributed by atoms with Gasteiger partial charge in [-0.25, -0.2) is 4.79 Å². The Balaban J connectivity index is 2.31.